The van der Waals surface area contributed by atoms with Crippen LogP contribution in [0, 0.1) is 0 Å². The second-order valence-corrected chi connectivity index (χ2v) is 3.97. The van der Waals surface area contributed by atoms with Gasteiger partial charge in [0.05, 0.1) is 12.7 Å². The fourth-order valence-corrected chi connectivity index (χ4v) is 1.45. The quantitative estimate of drug-likeness (QED) is 0.531. The number of aromatic nitrogens is 2. The Morgan fingerprint density at radius 3 is 2.75 bits per heavy atom. The summed E-state index contributed by atoms with van der Waals surface area (Å²) in [6, 6.07) is 6.97. The van der Waals surface area contributed by atoms with Crippen LogP contribution in [0.2, 0.25) is 0 Å². The van der Waals surface area contributed by atoms with Crippen molar-refractivity contribution in [1.82, 2.24) is 15.3 Å². The van der Waals surface area contributed by atoms with Crippen LogP contribution < -0.4 is 21.3 Å². The Labute approximate surface area is 114 Å². The number of carbonyl (C=O) groups excluding carboxylic acids is 1. The Balaban J connectivity index is 1.75. The summed E-state index contributed by atoms with van der Waals surface area (Å²) in [6.07, 6.45) is 2.32. The Hall–Kier alpha value is -2.83. The van der Waals surface area contributed by atoms with Gasteiger partial charge in [0.25, 0.3) is 11.5 Å². The largest absolute Gasteiger partial charge is 0.492 e. The van der Waals surface area contributed by atoms with E-state index in [2.05, 4.69) is 15.3 Å². The predicted molar refractivity (Wildman–Crippen MR) is 73.5 cm³/mol. The molecule has 7 heteroatoms. The molecule has 0 atom stereocenters. The zero-order valence-electron chi connectivity index (χ0n) is 10.6. The highest BCUT2D eigenvalue weighted by Crippen LogP contribution is 2.12. The molecule has 1 aromatic carbocycles. The average Bonchev–Trinajstić information content (AvgIpc) is 2.46. The molecule has 0 saturated carbocycles. The number of carbonyl (C=O) groups is 1. The van der Waals surface area contributed by atoms with Gasteiger partial charge in [0, 0.05) is 11.9 Å². The minimum Gasteiger partial charge on any atom is -0.492 e. The van der Waals surface area contributed by atoms with Crippen LogP contribution in [-0.4, -0.2) is 29.0 Å². The summed E-state index contributed by atoms with van der Waals surface area (Å²) < 4.78 is 5.42. The smallest absolute Gasteiger partial charge is 0.271 e. The van der Waals surface area contributed by atoms with E-state index in [0.717, 1.165) is 6.20 Å². The van der Waals surface area contributed by atoms with Crippen molar-refractivity contribution in [1.29, 1.82) is 0 Å². The zero-order valence-corrected chi connectivity index (χ0v) is 10.6. The van der Waals surface area contributed by atoms with E-state index < -0.39 is 0 Å². The van der Waals surface area contributed by atoms with Crippen molar-refractivity contribution in [3.63, 3.8) is 0 Å². The van der Waals surface area contributed by atoms with Gasteiger partial charge >= 0.3 is 0 Å². The number of ether oxygens (including phenoxy) is 1. The van der Waals surface area contributed by atoms with Gasteiger partial charge in [-0.15, -0.1) is 0 Å². The molecular weight excluding hydrogens is 260 g/mol. The van der Waals surface area contributed by atoms with Gasteiger partial charge in [-0.25, -0.2) is 4.98 Å². The van der Waals surface area contributed by atoms with Crippen molar-refractivity contribution < 1.29 is 9.53 Å². The highest BCUT2D eigenvalue weighted by atomic mass is 16.5. The van der Waals surface area contributed by atoms with Crippen LogP contribution in [0.15, 0.2) is 41.5 Å². The van der Waals surface area contributed by atoms with Crippen LogP contribution in [-0.2, 0) is 0 Å². The van der Waals surface area contributed by atoms with E-state index in [9.17, 15) is 9.59 Å². The van der Waals surface area contributed by atoms with Crippen molar-refractivity contribution >= 4 is 11.6 Å². The van der Waals surface area contributed by atoms with Crippen LogP contribution in [0.5, 0.6) is 5.75 Å². The molecule has 0 fully saturated rings. The number of amides is 1. The van der Waals surface area contributed by atoms with E-state index in [-0.39, 0.29) is 17.2 Å². The molecule has 4 N–H and O–H groups in total. The second-order valence-electron chi connectivity index (χ2n) is 3.97. The minimum absolute atomic E-state index is 0.150. The maximum atomic E-state index is 11.6. The van der Waals surface area contributed by atoms with Crippen molar-refractivity contribution in [3.8, 4) is 5.75 Å². The van der Waals surface area contributed by atoms with Gasteiger partial charge in [0.1, 0.15) is 18.1 Å². The monoisotopic (exact) mass is 274 g/mol. The number of aromatic amines is 1. The number of anilines is 1. The molecule has 1 amide bonds. The van der Waals surface area contributed by atoms with Gasteiger partial charge in [-0.1, -0.05) is 0 Å². The number of H-pyrrole nitrogens is 1. The molecule has 2 aromatic rings. The van der Waals surface area contributed by atoms with Gasteiger partial charge in [0.15, 0.2) is 0 Å². The molecule has 0 aliphatic carbocycles. The van der Waals surface area contributed by atoms with Gasteiger partial charge < -0.3 is 20.8 Å². The minimum atomic E-state index is -0.373. The lowest BCUT2D eigenvalue weighted by Gasteiger charge is -2.07. The first-order chi connectivity index (χ1) is 9.65. The van der Waals surface area contributed by atoms with E-state index in [4.69, 9.17) is 10.5 Å². The number of nitrogens with two attached hydrogens (primary N) is 1. The molecule has 1 heterocycles. The van der Waals surface area contributed by atoms with E-state index in [1.807, 2.05) is 0 Å². The molecule has 0 bridgehead atoms. The molecule has 0 aliphatic rings. The summed E-state index contributed by atoms with van der Waals surface area (Å²) in [7, 11) is 0. The first kappa shape index (κ1) is 13.6. The molecular formula is C13H14N4O3. The summed E-state index contributed by atoms with van der Waals surface area (Å²) in [5, 5.41) is 2.63. The third-order valence-electron chi connectivity index (χ3n) is 2.44. The molecule has 0 spiro atoms. The van der Waals surface area contributed by atoms with Crippen LogP contribution in [0.25, 0.3) is 0 Å². The summed E-state index contributed by atoms with van der Waals surface area (Å²) in [6.45, 7) is 0.642. The van der Waals surface area contributed by atoms with E-state index in [1.54, 1.807) is 24.3 Å². The molecule has 0 aliphatic heterocycles. The number of nitrogens with zero attached hydrogens (tertiary/aromatic N) is 1. The molecule has 7 nitrogen and oxygen atoms in total. The summed E-state index contributed by atoms with van der Waals surface area (Å²) in [4.78, 5) is 28.5. The Morgan fingerprint density at radius 1 is 1.35 bits per heavy atom. The SMILES string of the molecule is Nc1ccc(OCCNC(=O)c2c[nH]c(=O)cn2)cc1. The molecule has 1 aromatic heterocycles. The molecule has 0 saturated heterocycles. The average molecular weight is 274 g/mol. The van der Waals surface area contributed by atoms with E-state index in [0.29, 0.717) is 24.6 Å². The maximum Gasteiger partial charge on any atom is 0.271 e. The van der Waals surface area contributed by atoms with Crippen molar-refractivity contribution in [2.45, 2.75) is 0 Å². The highest BCUT2D eigenvalue weighted by molar-refractivity contribution is 5.91. The Kier molecular flexibility index (Phi) is 4.33. The Morgan fingerprint density at radius 2 is 2.10 bits per heavy atom. The van der Waals surface area contributed by atoms with Crippen LogP contribution in [0.3, 0.4) is 0 Å². The van der Waals surface area contributed by atoms with Crippen LogP contribution in [0.1, 0.15) is 10.5 Å². The first-order valence-electron chi connectivity index (χ1n) is 5.96. The molecule has 20 heavy (non-hydrogen) atoms. The number of nitrogens with one attached hydrogen (secondary N) is 2. The standard InChI is InChI=1S/C13H14N4O3/c14-9-1-3-10(4-2-9)20-6-5-15-13(19)11-7-17-12(18)8-16-11/h1-4,7-8H,5-6,14H2,(H,15,19)(H,17,18). The second kappa shape index (κ2) is 6.37. The topological polar surface area (TPSA) is 110 Å². The van der Waals surface area contributed by atoms with Gasteiger partial charge in [-0.3, -0.25) is 9.59 Å². The first-order valence-corrected chi connectivity index (χ1v) is 5.96. The predicted octanol–water partition coefficient (Wildman–Crippen LogP) is 0.161. The summed E-state index contributed by atoms with van der Waals surface area (Å²) in [5.41, 5.74) is 6.01. The van der Waals surface area contributed by atoms with Gasteiger partial charge in [0.2, 0.25) is 0 Å². The third kappa shape index (κ3) is 3.84. The lowest BCUT2D eigenvalue weighted by Crippen LogP contribution is -2.29. The molecule has 2 rings (SSSR count). The number of nitrogen functional groups attached to an aromatic ring is 1. The van der Waals surface area contributed by atoms with E-state index in [1.165, 1.54) is 6.20 Å². The Bertz CT molecular complexity index is 616. The number of rotatable bonds is 5. The van der Waals surface area contributed by atoms with Crippen molar-refractivity contribution in [2.24, 2.45) is 0 Å². The van der Waals surface area contributed by atoms with Crippen LogP contribution in [0.4, 0.5) is 5.69 Å². The number of hydrogen-bond donors (Lipinski definition) is 3. The summed E-state index contributed by atoms with van der Waals surface area (Å²) >= 11 is 0. The lowest BCUT2D eigenvalue weighted by molar-refractivity contribution is 0.0941. The lowest BCUT2D eigenvalue weighted by atomic mass is 10.3. The number of hydrogen-bond acceptors (Lipinski definition) is 5. The van der Waals surface area contributed by atoms with Gasteiger partial charge in [-0.05, 0) is 24.3 Å². The van der Waals surface area contributed by atoms with Crippen molar-refractivity contribution in [2.75, 3.05) is 18.9 Å². The third-order valence-corrected chi connectivity index (χ3v) is 2.44. The highest BCUT2D eigenvalue weighted by Gasteiger charge is 2.05. The normalized spacial score (nSPS) is 10.0. The maximum absolute atomic E-state index is 11.6. The molecule has 104 valence electrons. The zero-order chi connectivity index (χ0) is 14.4. The van der Waals surface area contributed by atoms with Gasteiger partial charge in [-0.2, -0.15) is 0 Å². The fourth-order valence-electron chi connectivity index (χ4n) is 1.45. The molecule has 0 unspecified atom stereocenters. The summed E-state index contributed by atoms with van der Waals surface area (Å²) in [5.74, 6) is 0.303. The number of benzene rings is 1. The van der Waals surface area contributed by atoms with E-state index >= 15 is 0 Å². The molecule has 0 radical (unpaired) electrons. The fraction of sp³-hybridized carbons (Fsp3) is 0.154. The van der Waals surface area contributed by atoms with Crippen molar-refractivity contribution in [3.05, 3.63) is 52.7 Å². The van der Waals surface area contributed by atoms with Crippen LogP contribution >= 0.6 is 0 Å².